The van der Waals surface area contributed by atoms with Crippen molar-refractivity contribution in [1.29, 1.82) is 0 Å². The van der Waals surface area contributed by atoms with Crippen LogP contribution >= 0.6 is 11.6 Å². The Balaban J connectivity index is 2.10. The van der Waals surface area contributed by atoms with Crippen LogP contribution in [-0.2, 0) is 0 Å². The minimum absolute atomic E-state index is 0.0331. The van der Waals surface area contributed by atoms with E-state index in [-0.39, 0.29) is 5.91 Å². The topological polar surface area (TPSA) is 38.1 Å². The van der Waals surface area contributed by atoms with Crippen molar-refractivity contribution < 1.29 is 4.79 Å². The summed E-state index contributed by atoms with van der Waals surface area (Å²) in [5.41, 5.74) is 3.29. The Bertz CT molecular complexity index is 823. The Morgan fingerprint density at radius 2 is 2.00 bits per heavy atom. The second-order valence-corrected chi connectivity index (χ2v) is 5.43. The van der Waals surface area contributed by atoms with E-state index in [0.717, 1.165) is 16.7 Å². The molecule has 4 nitrogen and oxygen atoms in total. The molecular weight excluding hydrogens is 286 g/mol. The van der Waals surface area contributed by atoms with Crippen LogP contribution in [-0.4, -0.2) is 34.5 Å². The predicted octanol–water partition coefficient (Wildman–Crippen LogP) is 3.38. The Morgan fingerprint density at radius 1 is 1.19 bits per heavy atom. The van der Waals surface area contributed by atoms with Crippen molar-refractivity contribution in [1.82, 2.24) is 14.5 Å². The van der Waals surface area contributed by atoms with Gasteiger partial charge in [0.25, 0.3) is 5.91 Å². The number of carbonyl (C=O) groups excluding carboxylic acids is 1. The number of benzene rings is 2. The molecule has 0 spiro atoms. The van der Waals surface area contributed by atoms with Crippen molar-refractivity contribution in [3.63, 3.8) is 0 Å². The summed E-state index contributed by atoms with van der Waals surface area (Å²) in [6, 6.07) is 13.1. The molecule has 0 bridgehead atoms. The largest absolute Gasteiger partial charge is 0.345 e. The number of nitrogens with zero attached hydrogens (tertiary/aromatic N) is 3. The van der Waals surface area contributed by atoms with E-state index in [1.165, 1.54) is 0 Å². The number of amides is 1. The normalized spacial score (nSPS) is 10.8. The third-order valence-electron chi connectivity index (χ3n) is 3.29. The molecule has 0 saturated carbocycles. The zero-order chi connectivity index (χ0) is 15.0. The van der Waals surface area contributed by atoms with Crippen LogP contribution in [0.4, 0.5) is 0 Å². The zero-order valence-electron chi connectivity index (χ0n) is 11.7. The second kappa shape index (κ2) is 5.22. The van der Waals surface area contributed by atoms with Crippen molar-refractivity contribution >= 4 is 28.5 Å². The second-order valence-electron chi connectivity index (χ2n) is 5.00. The first kappa shape index (κ1) is 13.6. The SMILES string of the molecule is CN(C)C(=O)c1ccc2c(c1)ncn2-c1cccc(Cl)c1. The number of hydrogen-bond acceptors (Lipinski definition) is 2. The molecule has 106 valence electrons. The van der Waals surface area contributed by atoms with E-state index in [2.05, 4.69) is 4.98 Å². The number of imidazole rings is 1. The van der Waals surface area contributed by atoms with Gasteiger partial charge < -0.3 is 4.90 Å². The highest BCUT2D eigenvalue weighted by atomic mass is 35.5. The number of hydrogen-bond donors (Lipinski definition) is 0. The maximum Gasteiger partial charge on any atom is 0.253 e. The minimum Gasteiger partial charge on any atom is -0.345 e. The summed E-state index contributed by atoms with van der Waals surface area (Å²) < 4.78 is 1.95. The van der Waals surface area contributed by atoms with Crippen molar-refractivity contribution in [3.8, 4) is 5.69 Å². The maximum absolute atomic E-state index is 12.0. The third-order valence-corrected chi connectivity index (χ3v) is 3.52. The third kappa shape index (κ3) is 2.50. The molecule has 0 saturated heterocycles. The standard InChI is InChI=1S/C16H14ClN3O/c1-19(2)16(21)11-6-7-15-14(8-11)18-10-20(15)13-5-3-4-12(17)9-13/h3-10H,1-2H3. The lowest BCUT2D eigenvalue weighted by Gasteiger charge is -2.10. The van der Waals surface area contributed by atoms with Crippen LogP contribution in [0.2, 0.25) is 5.02 Å². The van der Waals surface area contributed by atoms with Gasteiger partial charge in [0.2, 0.25) is 0 Å². The van der Waals surface area contributed by atoms with E-state index < -0.39 is 0 Å². The molecule has 0 N–H and O–H groups in total. The van der Waals surface area contributed by atoms with Gasteiger partial charge in [-0.2, -0.15) is 0 Å². The molecule has 3 rings (SSSR count). The van der Waals surface area contributed by atoms with Gasteiger partial charge in [-0.05, 0) is 36.4 Å². The molecule has 21 heavy (non-hydrogen) atoms. The molecule has 1 amide bonds. The molecule has 0 unspecified atom stereocenters. The summed E-state index contributed by atoms with van der Waals surface area (Å²) in [6.07, 6.45) is 1.74. The van der Waals surface area contributed by atoms with Gasteiger partial charge in [0.15, 0.2) is 0 Å². The van der Waals surface area contributed by atoms with E-state index in [1.54, 1.807) is 31.4 Å². The molecule has 0 aliphatic heterocycles. The molecule has 3 aromatic rings. The quantitative estimate of drug-likeness (QED) is 0.727. The fourth-order valence-corrected chi connectivity index (χ4v) is 2.42. The minimum atomic E-state index is -0.0331. The fraction of sp³-hybridized carbons (Fsp3) is 0.125. The lowest BCUT2D eigenvalue weighted by molar-refractivity contribution is 0.0828. The number of halogens is 1. The maximum atomic E-state index is 12.0. The molecule has 0 aliphatic rings. The van der Waals surface area contributed by atoms with Gasteiger partial charge in [-0.3, -0.25) is 9.36 Å². The molecule has 1 heterocycles. The average molecular weight is 300 g/mol. The van der Waals surface area contributed by atoms with Gasteiger partial charge in [-0.25, -0.2) is 4.98 Å². The highest BCUT2D eigenvalue weighted by molar-refractivity contribution is 6.30. The van der Waals surface area contributed by atoms with Crippen molar-refractivity contribution in [2.45, 2.75) is 0 Å². The molecule has 5 heteroatoms. The van der Waals surface area contributed by atoms with Crippen molar-refractivity contribution in [3.05, 3.63) is 59.4 Å². The molecule has 0 atom stereocenters. The number of carbonyl (C=O) groups is 1. The van der Waals surface area contributed by atoms with Crippen LogP contribution in [0.25, 0.3) is 16.7 Å². The highest BCUT2D eigenvalue weighted by Crippen LogP contribution is 2.21. The first-order valence-electron chi connectivity index (χ1n) is 6.51. The number of aromatic nitrogens is 2. The van der Waals surface area contributed by atoms with Crippen LogP contribution in [0.3, 0.4) is 0 Å². The van der Waals surface area contributed by atoms with Gasteiger partial charge in [-0.15, -0.1) is 0 Å². The van der Waals surface area contributed by atoms with Crippen LogP contribution in [0.5, 0.6) is 0 Å². The fourth-order valence-electron chi connectivity index (χ4n) is 2.24. The molecule has 0 radical (unpaired) electrons. The zero-order valence-corrected chi connectivity index (χ0v) is 12.5. The molecule has 0 aliphatic carbocycles. The van der Waals surface area contributed by atoms with Gasteiger partial charge in [0, 0.05) is 30.4 Å². The monoisotopic (exact) mass is 299 g/mol. The van der Waals surface area contributed by atoms with E-state index in [4.69, 9.17) is 11.6 Å². The highest BCUT2D eigenvalue weighted by Gasteiger charge is 2.11. The van der Waals surface area contributed by atoms with E-state index in [0.29, 0.717) is 10.6 Å². The smallest absolute Gasteiger partial charge is 0.253 e. The molecule has 2 aromatic carbocycles. The lowest BCUT2D eigenvalue weighted by atomic mass is 10.2. The van der Waals surface area contributed by atoms with E-state index >= 15 is 0 Å². The molecule has 0 fully saturated rings. The number of rotatable bonds is 2. The van der Waals surface area contributed by atoms with Crippen LogP contribution < -0.4 is 0 Å². The average Bonchev–Trinajstić information content (AvgIpc) is 2.89. The Kier molecular flexibility index (Phi) is 3.39. The summed E-state index contributed by atoms with van der Waals surface area (Å²) >= 11 is 6.03. The molecular formula is C16H14ClN3O. The van der Waals surface area contributed by atoms with Crippen LogP contribution in [0, 0.1) is 0 Å². The van der Waals surface area contributed by atoms with Crippen LogP contribution in [0.1, 0.15) is 10.4 Å². The number of fused-ring (bicyclic) bond motifs is 1. The van der Waals surface area contributed by atoms with Gasteiger partial charge >= 0.3 is 0 Å². The summed E-state index contributed by atoms with van der Waals surface area (Å²) in [4.78, 5) is 17.9. The predicted molar refractivity (Wildman–Crippen MR) is 84.1 cm³/mol. The first-order valence-corrected chi connectivity index (χ1v) is 6.89. The van der Waals surface area contributed by atoms with Gasteiger partial charge in [0.05, 0.1) is 11.0 Å². The van der Waals surface area contributed by atoms with Crippen LogP contribution in [0.15, 0.2) is 48.8 Å². The summed E-state index contributed by atoms with van der Waals surface area (Å²) in [6.45, 7) is 0. The van der Waals surface area contributed by atoms with Gasteiger partial charge in [-0.1, -0.05) is 17.7 Å². The first-order chi connectivity index (χ1) is 10.1. The molecule has 1 aromatic heterocycles. The summed E-state index contributed by atoms with van der Waals surface area (Å²) in [5.74, 6) is -0.0331. The van der Waals surface area contributed by atoms with E-state index in [1.807, 2.05) is 41.0 Å². The Labute approximate surface area is 127 Å². The van der Waals surface area contributed by atoms with Gasteiger partial charge in [0.1, 0.15) is 6.33 Å². The van der Waals surface area contributed by atoms with Crippen molar-refractivity contribution in [2.24, 2.45) is 0 Å². The van der Waals surface area contributed by atoms with Crippen molar-refractivity contribution in [2.75, 3.05) is 14.1 Å². The summed E-state index contributed by atoms with van der Waals surface area (Å²) in [5, 5.41) is 0.675. The van der Waals surface area contributed by atoms with E-state index in [9.17, 15) is 4.79 Å². The lowest BCUT2D eigenvalue weighted by Crippen LogP contribution is -2.21. The Hall–Kier alpha value is -2.33. The Morgan fingerprint density at radius 3 is 2.71 bits per heavy atom. The summed E-state index contributed by atoms with van der Waals surface area (Å²) in [7, 11) is 3.47.